The van der Waals surface area contributed by atoms with E-state index in [1.54, 1.807) is 0 Å². The van der Waals surface area contributed by atoms with Gasteiger partial charge in [0.15, 0.2) is 0 Å². The van der Waals surface area contributed by atoms with Crippen LogP contribution < -0.4 is 0 Å². The van der Waals surface area contributed by atoms with Crippen LogP contribution in [0.1, 0.15) is 20.3 Å². The van der Waals surface area contributed by atoms with E-state index < -0.39 is 11.2 Å². The van der Waals surface area contributed by atoms with Gasteiger partial charge in [-0.3, -0.25) is 0 Å². The minimum absolute atomic E-state index is 0.231. The van der Waals surface area contributed by atoms with Crippen LogP contribution in [0.15, 0.2) is 0 Å². The second-order valence-corrected chi connectivity index (χ2v) is 2.80. The Morgan fingerprint density at radius 2 is 2.18 bits per heavy atom. The summed E-state index contributed by atoms with van der Waals surface area (Å²) in [7, 11) is 0. The third-order valence-electron chi connectivity index (χ3n) is 1.12. The third-order valence-corrected chi connectivity index (χ3v) is 1.12. The first-order chi connectivity index (χ1) is 5.02. The standard InChI is InChI=1S/C6H13NO4/c1-5(2)3-6(8)4-11-7(9)10/h5-6,8H,3-4H2,1-2H3. The van der Waals surface area contributed by atoms with E-state index in [4.69, 9.17) is 5.11 Å². The van der Waals surface area contributed by atoms with E-state index in [1.165, 1.54) is 0 Å². The highest BCUT2D eigenvalue weighted by Gasteiger charge is 2.08. The molecule has 66 valence electrons. The van der Waals surface area contributed by atoms with Crippen LogP contribution in [-0.2, 0) is 4.84 Å². The molecule has 0 rings (SSSR count). The Morgan fingerprint density at radius 3 is 2.55 bits per heavy atom. The van der Waals surface area contributed by atoms with Gasteiger partial charge in [0.05, 0.1) is 6.10 Å². The molecule has 0 spiro atoms. The summed E-state index contributed by atoms with van der Waals surface area (Å²) >= 11 is 0. The molecule has 0 aliphatic rings. The molecule has 0 radical (unpaired) electrons. The van der Waals surface area contributed by atoms with Crippen LogP contribution in [0.25, 0.3) is 0 Å². The maximum atomic E-state index is 9.66. The van der Waals surface area contributed by atoms with Gasteiger partial charge < -0.3 is 9.94 Å². The fraction of sp³-hybridized carbons (Fsp3) is 1.00. The lowest BCUT2D eigenvalue weighted by atomic mass is 10.1. The molecule has 0 aromatic carbocycles. The Hall–Kier alpha value is -0.840. The van der Waals surface area contributed by atoms with Crippen molar-refractivity contribution < 1.29 is 15.0 Å². The van der Waals surface area contributed by atoms with Crippen LogP contribution in [-0.4, -0.2) is 22.9 Å². The number of hydrogen-bond donors (Lipinski definition) is 1. The van der Waals surface area contributed by atoms with Gasteiger partial charge in [-0.2, -0.15) is 0 Å². The zero-order valence-corrected chi connectivity index (χ0v) is 6.69. The van der Waals surface area contributed by atoms with E-state index in [-0.39, 0.29) is 6.61 Å². The number of nitrogens with zero attached hydrogens (tertiary/aromatic N) is 1. The predicted octanol–water partition coefficient (Wildman–Crippen LogP) is 0.602. The molecule has 11 heavy (non-hydrogen) atoms. The van der Waals surface area contributed by atoms with Crippen LogP contribution in [0.5, 0.6) is 0 Å². The van der Waals surface area contributed by atoms with Gasteiger partial charge in [0, 0.05) is 0 Å². The first-order valence-electron chi connectivity index (χ1n) is 3.47. The van der Waals surface area contributed by atoms with Crippen LogP contribution >= 0.6 is 0 Å². The minimum Gasteiger partial charge on any atom is -0.391 e. The van der Waals surface area contributed by atoms with Crippen LogP contribution in [0.4, 0.5) is 0 Å². The Labute approximate surface area is 65.1 Å². The Bertz CT molecular complexity index is 126. The maximum absolute atomic E-state index is 9.66. The summed E-state index contributed by atoms with van der Waals surface area (Å²) in [6.45, 7) is 3.62. The van der Waals surface area contributed by atoms with E-state index in [1.807, 2.05) is 13.8 Å². The molecule has 0 fully saturated rings. The van der Waals surface area contributed by atoms with Gasteiger partial charge >= 0.3 is 0 Å². The Morgan fingerprint density at radius 1 is 1.64 bits per heavy atom. The monoisotopic (exact) mass is 163 g/mol. The van der Waals surface area contributed by atoms with Gasteiger partial charge in [-0.05, 0) is 12.3 Å². The first-order valence-corrected chi connectivity index (χ1v) is 3.47. The average Bonchev–Trinajstić information content (AvgIpc) is 1.82. The minimum atomic E-state index is -0.899. The van der Waals surface area contributed by atoms with Gasteiger partial charge in [0.1, 0.15) is 6.61 Å². The molecule has 1 unspecified atom stereocenters. The van der Waals surface area contributed by atoms with Crippen LogP contribution in [0, 0.1) is 16.0 Å². The molecule has 1 N–H and O–H groups in total. The fourth-order valence-electron chi connectivity index (χ4n) is 0.759. The fourth-order valence-corrected chi connectivity index (χ4v) is 0.759. The van der Waals surface area contributed by atoms with Crippen molar-refractivity contribution >= 4 is 0 Å². The summed E-state index contributed by atoms with van der Waals surface area (Å²) < 4.78 is 0. The van der Waals surface area contributed by atoms with Gasteiger partial charge in [-0.25, -0.2) is 0 Å². The van der Waals surface area contributed by atoms with Gasteiger partial charge in [0.2, 0.25) is 0 Å². The summed E-state index contributed by atoms with van der Waals surface area (Å²) in [5, 5.41) is 17.8. The van der Waals surface area contributed by atoms with E-state index in [2.05, 4.69) is 4.84 Å². The zero-order chi connectivity index (χ0) is 8.85. The summed E-state index contributed by atoms with van der Waals surface area (Å²) in [5.74, 6) is 0.320. The second-order valence-electron chi connectivity index (χ2n) is 2.80. The largest absolute Gasteiger partial charge is 0.391 e. The first kappa shape index (κ1) is 10.2. The molecule has 0 bridgehead atoms. The summed E-state index contributed by atoms with van der Waals surface area (Å²) in [4.78, 5) is 13.6. The summed E-state index contributed by atoms with van der Waals surface area (Å²) in [6.07, 6.45) is -0.214. The topological polar surface area (TPSA) is 72.6 Å². The molecule has 0 saturated heterocycles. The van der Waals surface area contributed by atoms with Crippen molar-refractivity contribution in [3.05, 3.63) is 10.1 Å². The quantitative estimate of drug-likeness (QED) is 0.476. The van der Waals surface area contributed by atoms with Crippen molar-refractivity contribution in [3.8, 4) is 0 Å². The van der Waals surface area contributed by atoms with Crippen molar-refractivity contribution in [2.24, 2.45) is 5.92 Å². The lowest BCUT2D eigenvalue weighted by Crippen LogP contribution is -2.19. The molecular weight excluding hydrogens is 150 g/mol. The highest BCUT2D eigenvalue weighted by molar-refractivity contribution is 4.55. The van der Waals surface area contributed by atoms with Gasteiger partial charge in [0.25, 0.3) is 5.09 Å². The van der Waals surface area contributed by atoms with E-state index in [0.29, 0.717) is 12.3 Å². The number of rotatable bonds is 5. The molecule has 5 nitrogen and oxygen atoms in total. The van der Waals surface area contributed by atoms with Crippen molar-refractivity contribution in [1.82, 2.24) is 0 Å². The lowest BCUT2D eigenvalue weighted by molar-refractivity contribution is -0.759. The van der Waals surface area contributed by atoms with Crippen LogP contribution in [0.3, 0.4) is 0 Å². The SMILES string of the molecule is CC(C)CC(O)CO[N+](=O)[O-]. The van der Waals surface area contributed by atoms with Gasteiger partial charge in [-0.1, -0.05) is 13.8 Å². The molecule has 5 heteroatoms. The molecule has 0 aliphatic heterocycles. The number of aliphatic hydroxyl groups excluding tert-OH is 1. The van der Waals surface area contributed by atoms with Crippen molar-refractivity contribution in [1.29, 1.82) is 0 Å². The van der Waals surface area contributed by atoms with Crippen molar-refractivity contribution in [2.75, 3.05) is 6.61 Å². The molecule has 0 heterocycles. The highest BCUT2D eigenvalue weighted by Crippen LogP contribution is 2.04. The van der Waals surface area contributed by atoms with Crippen molar-refractivity contribution in [3.63, 3.8) is 0 Å². The van der Waals surface area contributed by atoms with Gasteiger partial charge in [-0.15, -0.1) is 10.1 Å². The Kier molecular flexibility index (Phi) is 4.52. The molecule has 0 amide bonds. The molecular formula is C6H13NO4. The predicted molar refractivity (Wildman–Crippen MR) is 38.4 cm³/mol. The van der Waals surface area contributed by atoms with Crippen LogP contribution in [0.2, 0.25) is 0 Å². The van der Waals surface area contributed by atoms with Crippen molar-refractivity contribution in [2.45, 2.75) is 26.4 Å². The average molecular weight is 163 g/mol. The molecule has 1 atom stereocenters. The zero-order valence-electron chi connectivity index (χ0n) is 6.69. The lowest BCUT2D eigenvalue weighted by Gasteiger charge is -2.10. The highest BCUT2D eigenvalue weighted by atomic mass is 17.0. The maximum Gasteiger partial charge on any atom is 0.294 e. The molecule has 0 aromatic heterocycles. The van der Waals surface area contributed by atoms with E-state index >= 15 is 0 Å². The van der Waals surface area contributed by atoms with E-state index in [9.17, 15) is 10.1 Å². The third kappa shape index (κ3) is 7.05. The summed E-state index contributed by atoms with van der Waals surface area (Å²) in [6, 6.07) is 0. The molecule has 0 aromatic rings. The Balaban J connectivity index is 3.37. The second kappa shape index (κ2) is 4.90. The molecule has 0 saturated carbocycles. The van der Waals surface area contributed by atoms with E-state index in [0.717, 1.165) is 0 Å². The smallest absolute Gasteiger partial charge is 0.294 e. The normalized spacial score (nSPS) is 13.1. The molecule has 0 aliphatic carbocycles. The summed E-state index contributed by atoms with van der Waals surface area (Å²) in [5.41, 5.74) is 0. The number of hydrogen-bond acceptors (Lipinski definition) is 4. The number of aliphatic hydroxyl groups is 1.